The van der Waals surface area contributed by atoms with Crippen LogP contribution in [0.4, 0.5) is 0 Å². The van der Waals surface area contributed by atoms with Gasteiger partial charge in [-0.2, -0.15) is 0 Å². The van der Waals surface area contributed by atoms with Gasteiger partial charge in [-0.3, -0.25) is 0 Å². The van der Waals surface area contributed by atoms with Crippen molar-refractivity contribution in [3.05, 3.63) is 0 Å². The lowest BCUT2D eigenvalue weighted by Gasteiger charge is -2.03. The van der Waals surface area contributed by atoms with E-state index in [0.717, 1.165) is 12.8 Å². The van der Waals surface area contributed by atoms with Gasteiger partial charge < -0.3 is 15.2 Å². The van der Waals surface area contributed by atoms with E-state index in [1.54, 1.807) is 0 Å². The molecule has 0 bridgehead atoms. The van der Waals surface area contributed by atoms with Crippen molar-refractivity contribution in [2.75, 3.05) is 6.54 Å². The highest BCUT2D eigenvalue weighted by Gasteiger charge is 2.22. The van der Waals surface area contributed by atoms with Crippen LogP contribution < -0.4 is 5.32 Å². The van der Waals surface area contributed by atoms with Crippen LogP contribution in [0.2, 0.25) is 0 Å². The molecule has 0 aromatic heterocycles. The molecule has 0 aromatic carbocycles. The van der Waals surface area contributed by atoms with Crippen molar-refractivity contribution in [3.8, 4) is 0 Å². The number of hydrogen-bond acceptors (Lipinski definition) is 3. The Labute approximate surface area is 47.7 Å². The third kappa shape index (κ3) is 0.877. The van der Waals surface area contributed by atoms with Crippen LogP contribution in [0.25, 0.3) is 0 Å². The van der Waals surface area contributed by atoms with Gasteiger partial charge in [0.25, 0.3) is 0 Å². The first kappa shape index (κ1) is 5.72. The molecule has 0 aliphatic carbocycles. The summed E-state index contributed by atoms with van der Waals surface area (Å²) in [5.41, 5.74) is 0. The van der Waals surface area contributed by atoms with Crippen LogP contribution in [0, 0.1) is 0 Å². The van der Waals surface area contributed by atoms with E-state index in [9.17, 15) is 4.79 Å². The van der Waals surface area contributed by atoms with E-state index in [4.69, 9.17) is 5.11 Å². The number of aliphatic hydroxyl groups is 1. The van der Waals surface area contributed by atoms with Gasteiger partial charge in [0.05, 0.1) is 12.1 Å². The minimum Gasteiger partial charge on any atom is -0.391 e. The van der Waals surface area contributed by atoms with Gasteiger partial charge in [-0.25, -0.2) is 0 Å². The fraction of sp³-hybridized carbons (Fsp3) is 0.800. The Morgan fingerprint density at radius 1 is 1.75 bits per heavy atom. The Balaban J connectivity index is 2.41. The summed E-state index contributed by atoms with van der Waals surface area (Å²) < 4.78 is 0. The molecule has 2 N–H and O–H groups in total. The van der Waals surface area contributed by atoms with E-state index in [2.05, 4.69) is 5.32 Å². The predicted octanol–water partition coefficient (Wildman–Crippen LogP) is -1.09. The minimum absolute atomic E-state index is 0.310. The van der Waals surface area contributed by atoms with Gasteiger partial charge >= 0.3 is 0 Å². The molecular formula is C5H9NO2. The summed E-state index contributed by atoms with van der Waals surface area (Å²) >= 11 is 0. The highest BCUT2D eigenvalue weighted by Crippen LogP contribution is 2.02. The van der Waals surface area contributed by atoms with Crippen LogP contribution in [0.1, 0.15) is 6.42 Å². The summed E-state index contributed by atoms with van der Waals surface area (Å²) in [5.74, 6) is 0. The molecule has 1 unspecified atom stereocenters. The van der Waals surface area contributed by atoms with Crippen LogP contribution in [0.3, 0.4) is 0 Å². The predicted molar refractivity (Wildman–Crippen MR) is 28.5 cm³/mol. The molecule has 1 aliphatic rings. The van der Waals surface area contributed by atoms with E-state index in [-0.39, 0.29) is 6.04 Å². The largest absolute Gasteiger partial charge is 0.391 e. The van der Waals surface area contributed by atoms with Crippen LogP contribution in [-0.4, -0.2) is 30.1 Å². The summed E-state index contributed by atoms with van der Waals surface area (Å²) in [6.07, 6.45) is 0.994. The van der Waals surface area contributed by atoms with Crippen molar-refractivity contribution >= 4 is 6.29 Å². The van der Waals surface area contributed by atoms with Gasteiger partial charge in [-0.1, -0.05) is 0 Å². The second kappa shape index (κ2) is 2.24. The van der Waals surface area contributed by atoms with Crippen molar-refractivity contribution in [3.63, 3.8) is 0 Å². The number of aldehydes is 1. The highest BCUT2D eigenvalue weighted by molar-refractivity contribution is 5.59. The molecule has 1 saturated heterocycles. The van der Waals surface area contributed by atoms with Gasteiger partial charge in [0.1, 0.15) is 6.29 Å². The zero-order chi connectivity index (χ0) is 5.98. The van der Waals surface area contributed by atoms with Crippen LogP contribution >= 0.6 is 0 Å². The van der Waals surface area contributed by atoms with Crippen LogP contribution in [0.5, 0.6) is 0 Å². The molecule has 3 nitrogen and oxygen atoms in total. The number of nitrogens with one attached hydrogen (secondary N) is 1. The fourth-order valence-electron chi connectivity index (χ4n) is 0.852. The number of carbonyl (C=O) groups is 1. The minimum atomic E-state index is -0.451. The summed E-state index contributed by atoms with van der Waals surface area (Å²) in [6, 6.07) is -0.310. The van der Waals surface area contributed by atoms with Crippen molar-refractivity contribution in [2.45, 2.75) is 18.6 Å². The molecule has 8 heavy (non-hydrogen) atoms. The molecule has 0 aromatic rings. The first-order valence-electron chi connectivity index (χ1n) is 2.71. The zero-order valence-electron chi connectivity index (χ0n) is 4.50. The molecule has 0 amide bonds. The summed E-state index contributed by atoms with van der Waals surface area (Å²) in [4.78, 5) is 10.00. The molecule has 3 heteroatoms. The van der Waals surface area contributed by atoms with E-state index >= 15 is 0 Å². The summed E-state index contributed by atoms with van der Waals surface area (Å²) in [5, 5.41) is 11.7. The first-order chi connectivity index (χ1) is 3.84. The fourth-order valence-corrected chi connectivity index (χ4v) is 0.852. The van der Waals surface area contributed by atoms with E-state index < -0.39 is 6.10 Å². The van der Waals surface area contributed by atoms with Gasteiger partial charge in [0.2, 0.25) is 0 Å². The molecule has 1 fully saturated rings. The van der Waals surface area contributed by atoms with Gasteiger partial charge in [-0.15, -0.1) is 0 Å². The smallest absolute Gasteiger partial charge is 0.139 e. The molecular weight excluding hydrogens is 106 g/mol. The van der Waals surface area contributed by atoms with Crippen molar-refractivity contribution in [2.24, 2.45) is 0 Å². The molecule has 0 radical (unpaired) electrons. The highest BCUT2D eigenvalue weighted by atomic mass is 16.3. The molecule has 1 rings (SSSR count). The zero-order valence-corrected chi connectivity index (χ0v) is 4.50. The molecule has 0 spiro atoms. The Hall–Kier alpha value is -0.410. The van der Waals surface area contributed by atoms with Crippen LogP contribution in [0.15, 0.2) is 0 Å². The summed E-state index contributed by atoms with van der Waals surface area (Å²) in [7, 11) is 0. The first-order valence-corrected chi connectivity index (χ1v) is 2.71. The third-order valence-electron chi connectivity index (χ3n) is 1.38. The summed E-state index contributed by atoms with van der Waals surface area (Å²) in [6.45, 7) is 0.755. The number of carbonyl (C=O) groups excluding carboxylic acids is 1. The maximum absolute atomic E-state index is 10.00. The van der Waals surface area contributed by atoms with Crippen molar-refractivity contribution < 1.29 is 9.90 Å². The second-order valence-electron chi connectivity index (χ2n) is 1.97. The number of aliphatic hydroxyl groups excluding tert-OH is 1. The van der Waals surface area contributed by atoms with Crippen molar-refractivity contribution in [1.29, 1.82) is 0 Å². The Morgan fingerprint density at radius 3 is 2.75 bits per heavy atom. The molecule has 0 saturated carbocycles. The van der Waals surface area contributed by atoms with Crippen LogP contribution in [-0.2, 0) is 4.79 Å². The average Bonchev–Trinajstić information content (AvgIpc) is 2.14. The molecule has 1 aliphatic heterocycles. The monoisotopic (exact) mass is 115 g/mol. The molecule has 1 heterocycles. The van der Waals surface area contributed by atoms with Crippen molar-refractivity contribution in [1.82, 2.24) is 5.32 Å². The lowest BCUT2D eigenvalue weighted by Crippen LogP contribution is -2.31. The van der Waals surface area contributed by atoms with Gasteiger partial charge in [0, 0.05) is 0 Å². The Kier molecular flexibility index (Phi) is 1.60. The Bertz CT molecular complexity index is 94.4. The van der Waals surface area contributed by atoms with E-state index in [1.165, 1.54) is 0 Å². The number of rotatable bonds is 1. The molecule has 46 valence electrons. The lowest BCUT2D eigenvalue weighted by atomic mass is 10.2. The SMILES string of the molecule is O=C[C@@H]1NCCC1O. The van der Waals surface area contributed by atoms with Gasteiger partial charge in [0.15, 0.2) is 0 Å². The lowest BCUT2D eigenvalue weighted by molar-refractivity contribution is -0.110. The maximum atomic E-state index is 10.00. The topological polar surface area (TPSA) is 49.3 Å². The average molecular weight is 115 g/mol. The normalized spacial score (nSPS) is 37.6. The third-order valence-corrected chi connectivity index (χ3v) is 1.38. The Morgan fingerprint density at radius 2 is 2.50 bits per heavy atom. The quantitative estimate of drug-likeness (QED) is 0.427. The standard InChI is InChI=1S/C5H9NO2/c7-3-4-5(8)1-2-6-4/h3-6,8H,1-2H2/t4-,5?/m0/s1. The second-order valence-corrected chi connectivity index (χ2v) is 1.97. The van der Waals surface area contributed by atoms with E-state index in [1.807, 2.05) is 0 Å². The van der Waals surface area contributed by atoms with Gasteiger partial charge in [-0.05, 0) is 13.0 Å². The maximum Gasteiger partial charge on any atom is 0.139 e. The van der Waals surface area contributed by atoms with E-state index in [0.29, 0.717) is 6.42 Å². The molecule has 2 atom stereocenters. The number of hydrogen-bond donors (Lipinski definition) is 2.